The van der Waals surface area contributed by atoms with Gasteiger partial charge in [-0.2, -0.15) is 0 Å². The summed E-state index contributed by atoms with van der Waals surface area (Å²) >= 11 is 0. The van der Waals surface area contributed by atoms with Crippen LogP contribution in [-0.2, 0) is 11.2 Å². The van der Waals surface area contributed by atoms with E-state index in [9.17, 15) is 14.0 Å². The van der Waals surface area contributed by atoms with Crippen LogP contribution in [0.15, 0.2) is 42.5 Å². The molecule has 180 valence electrons. The Morgan fingerprint density at radius 2 is 2.00 bits per heavy atom. The summed E-state index contributed by atoms with van der Waals surface area (Å²) in [5.41, 5.74) is 6.88. The van der Waals surface area contributed by atoms with E-state index in [0.717, 1.165) is 5.56 Å². The van der Waals surface area contributed by atoms with Gasteiger partial charge in [0.1, 0.15) is 24.0 Å². The number of primary amides is 1. The van der Waals surface area contributed by atoms with Crippen LogP contribution < -0.4 is 15.4 Å². The lowest BCUT2D eigenvalue weighted by molar-refractivity contribution is -0.122. The molecule has 2 amide bonds. The van der Waals surface area contributed by atoms with Gasteiger partial charge in [0.2, 0.25) is 5.82 Å². The van der Waals surface area contributed by atoms with Gasteiger partial charge in [0, 0.05) is 24.4 Å². The van der Waals surface area contributed by atoms with Gasteiger partial charge in [-0.1, -0.05) is 30.0 Å². The summed E-state index contributed by atoms with van der Waals surface area (Å²) in [5, 5.41) is 4.18. The van der Waals surface area contributed by atoms with Gasteiger partial charge in [-0.15, -0.1) is 5.10 Å². The van der Waals surface area contributed by atoms with Crippen molar-refractivity contribution in [1.82, 2.24) is 14.8 Å². The summed E-state index contributed by atoms with van der Waals surface area (Å²) in [4.78, 5) is 31.0. The smallest absolute Gasteiger partial charge is 0.288 e. The minimum absolute atomic E-state index is 0.0138. The van der Waals surface area contributed by atoms with Crippen LogP contribution in [0.4, 0.5) is 10.1 Å². The predicted octanol–water partition coefficient (Wildman–Crippen LogP) is 3.10. The SMILES string of the molecule is CN1C(=O)[C@@H](n2nc(C(N)=O)nc2Cc2ccccc2F)COc2ccc(C#CC(C)(C)C)cc21. The lowest BCUT2D eigenvalue weighted by atomic mass is 9.97. The Kier molecular flexibility index (Phi) is 6.31. The first-order valence-electron chi connectivity index (χ1n) is 11.1. The van der Waals surface area contributed by atoms with E-state index in [1.165, 1.54) is 15.6 Å². The molecule has 0 aliphatic carbocycles. The van der Waals surface area contributed by atoms with E-state index in [1.807, 2.05) is 26.8 Å². The van der Waals surface area contributed by atoms with Crippen molar-refractivity contribution in [3.63, 3.8) is 0 Å². The van der Waals surface area contributed by atoms with E-state index in [0.29, 0.717) is 17.0 Å². The molecule has 0 bridgehead atoms. The molecule has 1 aromatic heterocycles. The second-order valence-corrected chi connectivity index (χ2v) is 9.34. The maximum atomic E-state index is 14.3. The van der Waals surface area contributed by atoms with Gasteiger partial charge in [0.25, 0.3) is 11.8 Å². The number of rotatable bonds is 4. The van der Waals surface area contributed by atoms with Crippen molar-refractivity contribution >= 4 is 17.5 Å². The number of halogens is 1. The molecular formula is C26H26FN5O3. The molecule has 9 heteroatoms. The van der Waals surface area contributed by atoms with Crippen molar-refractivity contribution in [2.24, 2.45) is 11.1 Å². The summed E-state index contributed by atoms with van der Waals surface area (Å²) < 4.78 is 21.6. The van der Waals surface area contributed by atoms with Gasteiger partial charge in [0.15, 0.2) is 6.04 Å². The standard InChI is InChI=1S/C26H26FN5O3/c1-26(2,3)12-11-16-9-10-21-19(13-16)31(4)25(34)20(15-35-21)32-22(29-24(30-32)23(28)33)14-17-7-5-6-8-18(17)27/h5-10,13,20H,14-15H2,1-4H3,(H2,28,33)/t20-/m0/s1. The van der Waals surface area contributed by atoms with E-state index in [2.05, 4.69) is 21.9 Å². The minimum Gasteiger partial charge on any atom is -0.489 e. The molecule has 0 spiro atoms. The maximum Gasteiger partial charge on any atom is 0.288 e. The van der Waals surface area contributed by atoms with E-state index in [-0.39, 0.29) is 36.0 Å². The highest BCUT2D eigenvalue weighted by Gasteiger charge is 2.34. The van der Waals surface area contributed by atoms with Gasteiger partial charge in [-0.25, -0.2) is 14.1 Å². The molecule has 0 fully saturated rings. The summed E-state index contributed by atoms with van der Waals surface area (Å²) in [6.07, 6.45) is 0.0138. The van der Waals surface area contributed by atoms with Gasteiger partial charge < -0.3 is 15.4 Å². The second-order valence-electron chi connectivity index (χ2n) is 9.34. The summed E-state index contributed by atoms with van der Waals surface area (Å²) in [7, 11) is 1.63. The van der Waals surface area contributed by atoms with Gasteiger partial charge >= 0.3 is 0 Å². The van der Waals surface area contributed by atoms with Crippen LogP contribution in [0, 0.1) is 23.1 Å². The average Bonchev–Trinajstić information content (AvgIpc) is 3.17. The van der Waals surface area contributed by atoms with Crippen LogP contribution in [0.1, 0.15) is 54.4 Å². The number of anilines is 1. The van der Waals surface area contributed by atoms with E-state index >= 15 is 0 Å². The molecule has 0 saturated heterocycles. The average molecular weight is 476 g/mol. The number of likely N-dealkylation sites (N-methyl/N-ethyl adjacent to an activating group) is 1. The van der Waals surface area contributed by atoms with Crippen LogP contribution in [0.25, 0.3) is 0 Å². The highest BCUT2D eigenvalue weighted by atomic mass is 19.1. The van der Waals surface area contributed by atoms with E-state index in [4.69, 9.17) is 10.5 Å². The number of carbonyl (C=O) groups is 2. The summed E-state index contributed by atoms with van der Waals surface area (Å²) in [5.74, 6) is 5.18. The Balaban J connectivity index is 1.71. The molecule has 0 saturated carbocycles. The quantitative estimate of drug-likeness (QED) is 0.584. The van der Waals surface area contributed by atoms with Crippen molar-refractivity contribution in [2.45, 2.75) is 33.2 Å². The number of ether oxygens (including phenoxy) is 1. The first kappa shape index (κ1) is 24.0. The number of aromatic nitrogens is 3. The van der Waals surface area contributed by atoms with E-state index in [1.54, 1.807) is 37.4 Å². The van der Waals surface area contributed by atoms with Crippen molar-refractivity contribution in [2.75, 3.05) is 18.6 Å². The number of amides is 2. The fraction of sp³-hybridized carbons (Fsp3) is 0.308. The first-order chi connectivity index (χ1) is 16.5. The van der Waals surface area contributed by atoms with Gasteiger partial charge in [-0.3, -0.25) is 9.59 Å². The predicted molar refractivity (Wildman–Crippen MR) is 128 cm³/mol. The number of fused-ring (bicyclic) bond motifs is 1. The van der Waals surface area contributed by atoms with Crippen LogP contribution >= 0.6 is 0 Å². The molecule has 2 aromatic carbocycles. The molecular weight excluding hydrogens is 449 g/mol. The Labute approximate surface area is 202 Å². The van der Waals surface area contributed by atoms with Crippen molar-refractivity contribution < 1.29 is 18.7 Å². The fourth-order valence-electron chi connectivity index (χ4n) is 3.64. The lowest BCUT2D eigenvalue weighted by Crippen LogP contribution is -2.36. The summed E-state index contributed by atoms with van der Waals surface area (Å²) in [6.45, 7) is 5.99. The third kappa shape index (κ3) is 5.17. The molecule has 1 atom stereocenters. The number of carbonyl (C=O) groups excluding carboxylic acids is 2. The molecule has 2 heterocycles. The van der Waals surface area contributed by atoms with Crippen molar-refractivity contribution in [1.29, 1.82) is 0 Å². The lowest BCUT2D eigenvalue weighted by Gasteiger charge is -2.21. The zero-order valence-corrected chi connectivity index (χ0v) is 20.0. The molecule has 35 heavy (non-hydrogen) atoms. The largest absolute Gasteiger partial charge is 0.489 e. The molecule has 0 unspecified atom stereocenters. The third-order valence-electron chi connectivity index (χ3n) is 5.44. The molecule has 2 N–H and O–H groups in total. The highest BCUT2D eigenvalue weighted by molar-refractivity contribution is 5.98. The van der Waals surface area contributed by atoms with Crippen LogP contribution in [0.2, 0.25) is 0 Å². The van der Waals surface area contributed by atoms with Crippen LogP contribution in [-0.4, -0.2) is 40.2 Å². The molecule has 1 aliphatic rings. The second kappa shape index (κ2) is 9.22. The molecule has 3 aromatic rings. The number of nitrogens with two attached hydrogens (primary N) is 1. The third-order valence-corrected chi connectivity index (χ3v) is 5.44. The van der Waals surface area contributed by atoms with E-state index < -0.39 is 17.8 Å². The van der Waals surface area contributed by atoms with Crippen LogP contribution in [0.3, 0.4) is 0 Å². The number of hydrogen-bond donors (Lipinski definition) is 1. The van der Waals surface area contributed by atoms with Gasteiger partial charge in [-0.05, 0) is 50.6 Å². The topological polar surface area (TPSA) is 103 Å². The normalized spacial score (nSPS) is 15.5. The zero-order chi connectivity index (χ0) is 25.3. The Morgan fingerprint density at radius 3 is 2.69 bits per heavy atom. The van der Waals surface area contributed by atoms with Crippen molar-refractivity contribution in [3.05, 3.63) is 71.1 Å². The van der Waals surface area contributed by atoms with Crippen LogP contribution in [0.5, 0.6) is 5.75 Å². The Hall–Kier alpha value is -4.19. The number of nitrogens with zero attached hydrogens (tertiary/aromatic N) is 4. The fourth-order valence-corrected chi connectivity index (χ4v) is 3.64. The highest BCUT2D eigenvalue weighted by Crippen LogP contribution is 2.34. The van der Waals surface area contributed by atoms with Crippen molar-refractivity contribution in [3.8, 4) is 17.6 Å². The Bertz CT molecular complexity index is 1360. The molecule has 4 rings (SSSR count). The maximum absolute atomic E-state index is 14.3. The Morgan fingerprint density at radius 1 is 1.26 bits per heavy atom. The molecule has 0 radical (unpaired) electrons. The van der Waals surface area contributed by atoms with Gasteiger partial charge in [0.05, 0.1) is 5.69 Å². The zero-order valence-electron chi connectivity index (χ0n) is 20.0. The molecule has 1 aliphatic heterocycles. The monoisotopic (exact) mass is 475 g/mol. The molecule has 8 nitrogen and oxygen atoms in total. The summed E-state index contributed by atoms with van der Waals surface area (Å²) in [6, 6.07) is 10.7. The first-order valence-corrected chi connectivity index (χ1v) is 11.1. The number of hydrogen-bond acceptors (Lipinski definition) is 5. The minimum atomic E-state index is -0.945. The number of benzene rings is 2.